The highest BCUT2D eigenvalue weighted by molar-refractivity contribution is 4.79. The maximum absolute atomic E-state index is 9.12. The van der Waals surface area contributed by atoms with Crippen LogP contribution in [0.4, 0.5) is 0 Å². The Kier molecular flexibility index (Phi) is 5.78. The zero-order valence-electron chi connectivity index (χ0n) is 10.8. The molecule has 92 valence electrons. The van der Waals surface area contributed by atoms with Gasteiger partial charge in [-0.3, -0.25) is 0 Å². The molecule has 0 aromatic carbocycles. The Balaban J connectivity index is 3.98. The first-order valence-corrected chi connectivity index (χ1v) is 5.70. The Bertz CT molecular complexity index is 170. The summed E-state index contributed by atoms with van der Waals surface area (Å²) in [5.74, 6) is 0.611. The Hall–Kier alpha value is -0.120. The number of hydrogen-bond acceptors (Lipinski definition) is 3. The summed E-state index contributed by atoms with van der Waals surface area (Å²) in [5.41, 5.74) is -0.168. The molecule has 0 aliphatic rings. The van der Waals surface area contributed by atoms with Crippen LogP contribution < -0.4 is 5.32 Å². The first-order chi connectivity index (χ1) is 6.77. The molecule has 0 radical (unpaired) electrons. The van der Waals surface area contributed by atoms with Crippen LogP contribution in [-0.4, -0.2) is 36.5 Å². The predicted octanol–water partition coefficient (Wildman–Crippen LogP) is 1.25. The van der Waals surface area contributed by atoms with Crippen molar-refractivity contribution in [2.75, 3.05) is 26.3 Å². The van der Waals surface area contributed by atoms with Crippen molar-refractivity contribution in [3.8, 4) is 0 Å². The van der Waals surface area contributed by atoms with Crippen molar-refractivity contribution in [1.82, 2.24) is 5.32 Å². The number of hydrogen-bond donors (Lipinski definition) is 3. The van der Waals surface area contributed by atoms with E-state index in [4.69, 9.17) is 10.2 Å². The third kappa shape index (κ3) is 4.96. The van der Waals surface area contributed by atoms with Crippen LogP contribution in [0.15, 0.2) is 0 Å². The molecule has 0 amide bonds. The molecular weight excluding hydrogens is 190 g/mol. The Morgan fingerprint density at radius 2 is 1.47 bits per heavy atom. The Labute approximate surface area is 93.9 Å². The molecule has 0 unspecified atom stereocenters. The van der Waals surface area contributed by atoms with Gasteiger partial charge in [0.1, 0.15) is 0 Å². The van der Waals surface area contributed by atoms with Crippen LogP contribution >= 0.6 is 0 Å². The average Bonchev–Trinajstić information content (AvgIpc) is 2.17. The van der Waals surface area contributed by atoms with Crippen molar-refractivity contribution in [3.63, 3.8) is 0 Å². The molecule has 0 rings (SSSR count). The fraction of sp³-hybridized carbons (Fsp3) is 1.00. The molecule has 0 bridgehead atoms. The highest BCUT2D eigenvalue weighted by Crippen LogP contribution is 2.25. The molecule has 0 saturated carbocycles. The van der Waals surface area contributed by atoms with Gasteiger partial charge in [-0.1, -0.05) is 34.6 Å². The molecule has 0 aliphatic carbocycles. The molecule has 0 spiro atoms. The summed E-state index contributed by atoms with van der Waals surface area (Å²) < 4.78 is 0. The predicted molar refractivity (Wildman–Crippen MR) is 63.8 cm³/mol. The lowest BCUT2D eigenvalue weighted by molar-refractivity contribution is 0.0660. The van der Waals surface area contributed by atoms with Gasteiger partial charge in [-0.25, -0.2) is 0 Å². The fourth-order valence-corrected chi connectivity index (χ4v) is 1.05. The largest absolute Gasteiger partial charge is 0.396 e. The van der Waals surface area contributed by atoms with Crippen molar-refractivity contribution >= 4 is 0 Å². The number of aliphatic hydroxyl groups is 2. The lowest BCUT2D eigenvalue weighted by atomic mass is 9.81. The van der Waals surface area contributed by atoms with Crippen LogP contribution in [0.1, 0.15) is 34.6 Å². The molecule has 0 saturated heterocycles. The van der Waals surface area contributed by atoms with E-state index in [1.54, 1.807) is 0 Å². The van der Waals surface area contributed by atoms with Gasteiger partial charge < -0.3 is 15.5 Å². The van der Waals surface area contributed by atoms with Gasteiger partial charge in [0.25, 0.3) is 0 Å². The second kappa shape index (κ2) is 5.83. The van der Waals surface area contributed by atoms with Crippen LogP contribution in [-0.2, 0) is 0 Å². The minimum Gasteiger partial charge on any atom is -0.396 e. The van der Waals surface area contributed by atoms with E-state index in [2.05, 4.69) is 33.0 Å². The SMILES string of the molecule is CC(C)C(C)(C)CNCC(C)(CO)CO. The highest BCUT2D eigenvalue weighted by Gasteiger charge is 2.25. The highest BCUT2D eigenvalue weighted by atomic mass is 16.3. The minimum atomic E-state index is -0.410. The molecule has 3 N–H and O–H groups in total. The fourth-order valence-electron chi connectivity index (χ4n) is 1.05. The number of aliphatic hydroxyl groups excluding tert-OH is 2. The molecule has 3 nitrogen and oxygen atoms in total. The summed E-state index contributed by atoms with van der Waals surface area (Å²) in [5, 5.41) is 21.6. The van der Waals surface area contributed by atoms with Crippen LogP contribution in [0.2, 0.25) is 0 Å². The summed E-state index contributed by atoms with van der Waals surface area (Å²) in [6, 6.07) is 0. The van der Waals surface area contributed by atoms with E-state index < -0.39 is 5.41 Å². The van der Waals surface area contributed by atoms with Crippen molar-refractivity contribution in [2.45, 2.75) is 34.6 Å². The molecule has 15 heavy (non-hydrogen) atoms. The summed E-state index contributed by atoms with van der Waals surface area (Å²) in [7, 11) is 0. The molecule has 0 fully saturated rings. The lowest BCUT2D eigenvalue weighted by Gasteiger charge is -2.32. The first kappa shape index (κ1) is 14.9. The molecule has 0 aliphatic heterocycles. The van der Waals surface area contributed by atoms with E-state index in [-0.39, 0.29) is 18.6 Å². The maximum Gasteiger partial charge on any atom is 0.0518 e. The van der Waals surface area contributed by atoms with Gasteiger partial charge in [0.15, 0.2) is 0 Å². The second-order valence-electron chi connectivity index (χ2n) is 5.87. The van der Waals surface area contributed by atoms with Gasteiger partial charge in [-0.05, 0) is 11.3 Å². The second-order valence-corrected chi connectivity index (χ2v) is 5.87. The smallest absolute Gasteiger partial charge is 0.0518 e. The van der Waals surface area contributed by atoms with Crippen LogP contribution in [0.5, 0.6) is 0 Å². The summed E-state index contributed by atoms with van der Waals surface area (Å²) in [6.07, 6.45) is 0. The van der Waals surface area contributed by atoms with Gasteiger partial charge in [0, 0.05) is 18.5 Å². The van der Waals surface area contributed by atoms with E-state index >= 15 is 0 Å². The van der Waals surface area contributed by atoms with Crippen LogP contribution in [0.25, 0.3) is 0 Å². The van der Waals surface area contributed by atoms with Crippen LogP contribution in [0.3, 0.4) is 0 Å². The molecule has 3 heteroatoms. The van der Waals surface area contributed by atoms with Gasteiger partial charge in [0.2, 0.25) is 0 Å². The van der Waals surface area contributed by atoms with Gasteiger partial charge in [-0.2, -0.15) is 0 Å². The maximum atomic E-state index is 9.12. The molecule has 0 atom stereocenters. The first-order valence-electron chi connectivity index (χ1n) is 5.70. The van der Waals surface area contributed by atoms with Gasteiger partial charge in [0.05, 0.1) is 13.2 Å². The quantitative estimate of drug-likeness (QED) is 0.601. The van der Waals surface area contributed by atoms with Crippen LogP contribution in [0, 0.1) is 16.7 Å². The zero-order chi connectivity index (χ0) is 12.1. The van der Waals surface area contributed by atoms with Gasteiger partial charge in [-0.15, -0.1) is 0 Å². The summed E-state index contributed by atoms with van der Waals surface area (Å²) in [4.78, 5) is 0. The monoisotopic (exact) mass is 217 g/mol. The zero-order valence-corrected chi connectivity index (χ0v) is 10.8. The van der Waals surface area contributed by atoms with E-state index in [0.29, 0.717) is 12.5 Å². The topological polar surface area (TPSA) is 52.5 Å². The van der Waals surface area contributed by atoms with E-state index in [9.17, 15) is 0 Å². The average molecular weight is 217 g/mol. The molecule has 0 heterocycles. The molecular formula is C12H27NO2. The number of nitrogens with one attached hydrogen (secondary N) is 1. The minimum absolute atomic E-state index is 0.0125. The van der Waals surface area contributed by atoms with Crippen molar-refractivity contribution < 1.29 is 10.2 Å². The Morgan fingerprint density at radius 3 is 1.80 bits per heavy atom. The summed E-state index contributed by atoms with van der Waals surface area (Å²) in [6.45, 7) is 12.3. The Morgan fingerprint density at radius 1 is 1.00 bits per heavy atom. The normalized spacial score (nSPS) is 13.6. The molecule has 0 aromatic heterocycles. The van der Waals surface area contributed by atoms with Crippen molar-refractivity contribution in [1.29, 1.82) is 0 Å². The third-order valence-electron chi connectivity index (χ3n) is 3.46. The van der Waals surface area contributed by atoms with Crippen molar-refractivity contribution in [3.05, 3.63) is 0 Å². The molecule has 0 aromatic rings. The van der Waals surface area contributed by atoms with E-state index in [0.717, 1.165) is 6.54 Å². The lowest BCUT2D eigenvalue weighted by Crippen LogP contribution is -2.42. The third-order valence-corrected chi connectivity index (χ3v) is 3.46. The number of rotatable bonds is 7. The van der Waals surface area contributed by atoms with Gasteiger partial charge >= 0.3 is 0 Å². The van der Waals surface area contributed by atoms with E-state index in [1.165, 1.54) is 0 Å². The van der Waals surface area contributed by atoms with E-state index in [1.807, 2.05) is 6.92 Å². The van der Waals surface area contributed by atoms with Crippen molar-refractivity contribution in [2.24, 2.45) is 16.7 Å². The standard InChI is InChI=1S/C12H27NO2/c1-10(2)11(3,4)6-13-7-12(5,8-14)9-15/h10,13-15H,6-9H2,1-5H3. The summed E-state index contributed by atoms with van der Waals surface area (Å²) >= 11 is 0.